The first-order valence-electron chi connectivity index (χ1n) is 13.3. The second-order valence-electron chi connectivity index (χ2n) is 10.8. The molecule has 1 aliphatic carbocycles. The number of fused-ring (bicyclic) bond motifs is 1. The maximum atomic E-state index is 14.4. The summed E-state index contributed by atoms with van der Waals surface area (Å²) in [6, 6.07) is 14.5. The van der Waals surface area contributed by atoms with Crippen molar-refractivity contribution in [1.29, 1.82) is 0 Å². The molecule has 8 nitrogen and oxygen atoms in total. The maximum Gasteiger partial charge on any atom is 0.266 e. The van der Waals surface area contributed by atoms with Gasteiger partial charge in [0.1, 0.15) is 11.9 Å². The van der Waals surface area contributed by atoms with Gasteiger partial charge >= 0.3 is 0 Å². The van der Waals surface area contributed by atoms with Crippen LogP contribution in [0.4, 0.5) is 4.39 Å². The number of amides is 1. The number of aryl methyl sites for hydroxylation is 1. The molecule has 0 unspecified atom stereocenters. The molecule has 0 aromatic heterocycles. The Labute approximate surface area is 223 Å². The van der Waals surface area contributed by atoms with Gasteiger partial charge in [-0.1, -0.05) is 48.0 Å². The summed E-state index contributed by atoms with van der Waals surface area (Å²) >= 11 is 0. The van der Waals surface area contributed by atoms with Crippen LogP contribution in [0, 0.1) is 12.7 Å². The van der Waals surface area contributed by atoms with Gasteiger partial charge in [-0.3, -0.25) is 10.2 Å². The van der Waals surface area contributed by atoms with Gasteiger partial charge < -0.3 is 23.7 Å². The molecule has 1 N–H and O–H groups in total. The average Bonchev–Trinajstić information content (AvgIpc) is 3.21. The van der Waals surface area contributed by atoms with Crippen molar-refractivity contribution < 1.29 is 32.9 Å². The van der Waals surface area contributed by atoms with Crippen LogP contribution in [0.15, 0.2) is 48.5 Å². The van der Waals surface area contributed by atoms with Gasteiger partial charge in [-0.2, -0.15) is 0 Å². The fourth-order valence-electron chi connectivity index (χ4n) is 5.46. The lowest BCUT2D eigenvalue weighted by atomic mass is 9.78. The lowest BCUT2D eigenvalue weighted by Crippen LogP contribution is -2.63. The molecule has 4 atom stereocenters. The second-order valence-corrected chi connectivity index (χ2v) is 10.8. The van der Waals surface area contributed by atoms with Crippen molar-refractivity contribution in [3.63, 3.8) is 0 Å². The molecule has 1 amide bonds. The predicted octanol–water partition coefficient (Wildman–Crippen LogP) is 3.65. The summed E-state index contributed by atoms with van der Waals surface area (Å²) in [5.74, 6) is -1.43. The third kappa shape index (κ3) is 6.25. The molecule has 0 radical (unpaired) electrons. The molecule has 2 aliphatic heterocycles. The number of hydrazine groups is 1. The summed E-state index contributed by atoms with van der Waals surface area (Å²) in [4.78, 5) is 14.0. The van der Waals surface area contributed by atoms with Crippen LogP contribution >= 0.6 is 0 Å². The van der Waals surface area contributed by atoms with Crippen molar-refractivity contribution in [2.75, 3.05) is 26.3 Å². The number of hydrogen-bond donors (Lipinski definition) is 1. The summed E-state index contributed by atoms with van der Waals surface area (Å²) < 4.78 is 45.1. The van der Waals surface area contributed by atoms with Gasteiger partial charge in [0.05, 0.1) is 38.6 Å². The quantitative estimate of drug-likeness (QED) is 0.561. The standard InChI is InChI=1S/C29H37FN2O6/c1-20-7-6-8-21(15-20)18-36-29(27(33)31-32-11-13-34-14-12-32)16-24(26-25(17-29)37-28(2,3)38-26)35-19-22-9-4-5-10-23(22)30/h4-10,15,24-26H,11-14,16-19H2,1-3H3,(H,31,33)/t24-,25+,26-,29+/m0/s1. The Morgan fingerprint density at radius 1 is 1.08 bits per heavy atom. The minimum absolute atomic E-state index is 0.0450. The molecule has 2 aromatic carbocycles. The highest BCUT2D eigenvalue weighted by Gasteiger charge is 2.58. The largest absolute Gasteiger partial charge is 0.379 e. The van der Waals surface area contributed by atoms with Crippen LogP contribution in [0.5, 0.6) is 0 Å². The van der Waals surface area contributed by atoms with Crippen LogP contribution in [-0.4, -0.2) is 66.9 Å². The Bertz CT molecular complexity index is 1120. The monoisotopic (exact) mass is 528 g/mol. The molecule has 0 spiro atoms. The molecule has 2 aromatic rings. The Morgan fingerprint density at radius 3 is 2.63 bits per heavy atom. The van der Waals surface area contributed by atoms with Crippen LogP contribution in [0.3, 0.4) is 0 Å². The minimum atomic E-state index is -1.24. The second kappa shape index (κ2) is 11.4. The van der Waals surface area contributed by atoms with E-state index in [1.165, 1.54) is 6.07 Å². The number of hydrogen-bond acceptors (Lipinski definition) is 7. The molecule has 2 saturated heterocycles. The fraction of sp³-hybridized carbons (Fsp3) is 0.552. The molecule has 5 rings (SSSR count). The first kappa shape index (κ1) is 27.2. The van der Waals surface area contributed by atoms with Crippen molar-refractivity contribution in [3.8, 4) is 0 Å². The number of halogens is 1. The SMILES string of the molecule is Cc1cccc(CO[C@]2(C(=O)NN3CCOCC3)C[C@H](OCc3ccccc3F)[C@@H]3OC(C)(C)O[C@@H]3C2)c1. The third-order valence-electron chi connectivity index (χ3n) is 7.34. The van der Waals surface area contributed by atoms with Crippen molar-refractivity contribution in [1.82, 2.24) is 10.4 Å². The third-order valence-corrected chi connectivity index (χ3v) is 7.34. The lowest BCUT2D eigenvalue weighted by Gasteiger charge is -2.44. The zero-order valence-corrected chi connectivity index (χ0v) is 22.3. The van der Waals surface area contributed by atoms with Gasteiger partial charge in [0.25, 0.3) is 5.91 Å². The van der Waals surface area contributed by atoms with Crippen molar-refractivity contribution in [2.45, 2.75) is 76.5 Å². The zero-order valence-electron chi connectivity index (χ0n) is 22.3. The molecule has 206 valence electrons. The zero-order chi connectivity index (χ0) is 26.8. The molecule has 1 saturated carbocycles. The van der Waals surface area contributed by atoms with Crippen molar-refractivity contribution in [3.05, 3.63) is 71.0 Å². The Morgan fingerprint density at radius 2 is 1.87 bits per heavy atom. The van der Waals surface area contributed by atoms with E-state index in [0.717, 1.165) is 11.1 Å². The molecular formula is C29H37FN2O6. The highest BCUT2D eigenvalue weighted by atomic mass is 19.1. The van der Waals surface area contributed by atoms with E-state index in [2.05, 4.69) is 5.43 Å². The average molecular weight is 529 g/mol. The van der Waals surface area contributed by atoms with E-state index in [-0.39, 0.29) is 31.4 Å². The number of carbonyl (C=O) groups is 1. The van der Waals surface area contributed by atoms with Gasteiger partial charge in [0, 0.05) is 31.5 Å². The van der Waals surface area contributed by atoms with Gasteiger partial charge in [0.15, 0.2) is 11.4 Å². The van der Waals surface area contributed by atoms with Crippen molar-refractivity contribution in [2.24, 2.45) is 0 Å². The van der Waals surface area contributed by atoms with E-state index < -0.39 is 29.7 Å². The smallest absolute Gasteiger partial charge is 0.266 e. The van der Waals surface area contributed by atoms with Crippen LogP contribution < -0.4 is 5.43 Å². The van der Waals surface area contributed by atoms with Crippen LogP contribution in [0.2, 0.25) is 0 Å². The van der Waals surface area contributed by atoms with Gasteiger partial charge in [-0.25, -0.2) is 9.40 Å². The van der Waals surface area contributed by atoms with Gasteiger partial charge in [-0.15, -0.1) is 0 Å². The minimum Gasteiger partial charge on any atom is -0.379 e. The van der Waals surface area contributed by atoms with E-state index in [1.807, 2.05) is 50.0 Å². The van der Waals surface area contributed by atoms with Crippen LogP contribution in [-0.2, 0) is 41.7 Å². The summed E-state index contributed by atoms with van der Waals surface area (Å²) in [5, 5.41) is 1.86. The normalized spacial score (nSPS) is 29.1. The molecular weight excluding hydrogens is 491 g/mol. The number of rotatable bonds is 8. The topological polar surface area (TPSA) is 78.5 Å². The number of morpholine rings is 1. The molecule has 3 aliphatic rings. The van der Waals surface area contributed by atoms with E-state index in [1.54, 1.807) is 18.2 Å². The summed E-state index contributed by atoms with van der Waals surface area (Å²) in [5.41, 5.74) is 4.34. The Balaban J connectivity index is 1.42. The Hall–Kier alpha value is -2.40. The maximum absolute atomic E-state index is 14.4. The fourth-order valence-corrected chi connectivity index (χ4v) is 5.46. The summed E-state index contributed by atoms with van der Waals surface area (Å²) in [7, 11) is 0. The van der Waals surface area contributed by atoms with E-state index in [4.69, 9.17) is 23.7 Å². The van der Waals surface area contributed by atoms with Crippen molar-refractivity contribution >= 4 is 5.91 Å². The van der Waals surface area contributed by atoms with Crippen LogP contribution in [0.1, 0.15) is 43.4 Å². The molecule has 38 heavy (non-hydrogen) atoms. The highest BCUT2D eigenvalue weighted by Crippen LogP contribution is 2.44. The van der Waals surface area contributed by atoms with E-state index in [0.29, 0.717) is 38.3 Å². The van der Waals surface area contributed by atoms with E-state index >= 15 is 0 Å². The highest BCUT2D eigenvalue weighted by molar-refractivity contribution is 5.85. The first-order valence-corrected chi connectivity index (χ1v) is 13.3. The lowest BCUT2D eigenvalue weighted by molar-refractivity contribution is -0.187. The van der Waals surface area contributed by atoms with Gasteiger partial charge in [0.2, 0.25) is 0 Å². The molecule has 9 heteroatoms. The molecule has 3 fully saturated rings. The number of nitrogens with one attached hydrogen (secondary N) is 1. The van der Waals surface area contributed by atoms with Crippen LogP contribution in [0.25, 0.3) is 0 Å². The number of carbonyl (C=O) groups excluding carboxylic acids is 1. The number of benzene rings is 2. The Kier molecular flexibility index (Phi) is 8.14. The molecule has 0 bridgehead atoms. The number of ether oxygens (including phenoxy) is 5. The molecule has 2 heterocycles. The van der Waals surface area contributed by atoms with E-state index in [9.17, 15) is 9.18 Å². The summed E-state index contributed by atoms with van der Waals surface area (Å²) in [6.07, 6.45) is -0.851. The first-order chi connectivity index (χ1) is 18.2. The summed E-state index contributed by atoms with van der Waals surface area (Å²) in [6.45, 7) is 8.28. The predicted molar refractivity (Wildman–Crippen MR) is 137 cm³/mol. The number of nitrogens with zero attached hydrogens (tertiary/aromatic N) is 1. The van der Waals surface area contributed by atoms with Gasteiger partial charge in [-0.05, 0) is 32.4 Å².